The van der Waals surface area contributed by atoms with Crippen molar-refractivity contribution in [3.63, 3.8) is 0 Å². The van der Waals surface area contributed by atoms with Crippen molar-refractivity contribution in [2.75, 3.05) is 18.9 Å². The van der Waals surface area contributed by atoms with Crippen LogP contribution in [0.25, 0.3) is 11.0 Å². The van der Waals surface area contributed by atoms with Gasteiger partial charge in [0, 0.05) is 34.7 Å². The first-order valence-electron chi connectivity index (χ1n) is 9.21. The van der Waals surface area contributed by atoms with Gasteiger partial charge in [-0.3, -0.25) is 4.79 Å². The Kier molecular flexibility index (Phi) is 6.76. The maximum absolute atomic E-state index is 12.0. The Morgan fingerprint density at radius 2 is 1.93 bits per heavy atom. The van der Waals surface area contributed by atoms with Crippen LogP contribution in [0.1, 0.15) is 18.1 Å². The Hall–Kier alpha value is -2.73. The summed E-state index contributed by atoms with van der Waals surface area (Å²) in [6.45, 7) is 4.52. The number of rotatable bonds is 8. The Morgan fingerprint density at radius 3 is 2.68 bits per heavy atom. The van der Waals surface area contributed by atoms with E-state index in [2.05, 4.69) is 36.5 Å². The first-order chi connectivity index (χ1) is 13.5. The third-order valence-electron chi connectivity index (χ3n) is 4.27. The molecule has 1 heterocycles. The summed E-state index contributed by atoms with van der Waals surface area (Å²) in [7, 11) is 0. The largest absolute Gasteiger partial charge is 0.484 e. The van der Waals surface area contributed by atoms with Crippen LogP contribution < -0.4 is 15.7 Å². The summed E-state index contributed by atoms with van der Waals surface area (Å²) < 4.78 is 10.8. The van der Waals surface area contributed by atoms with E-state index in [4.69, 9.17) is 9.15 Å². The van der Waals surface area contributed by atoms with E-state index in [1.54, 1.807) is 23.9 Å². The van der Waals surface area contributed by atoms with Crippen molar-refractivity contribution >= 4 is 28.6 Å². The highest BCUT2D eigenvalue weighted by Gasteiger charge is 2.07. The molecule has 0 aliphatic carbocycles. The average Bonchev–Trinajstić information content (AvgIpc) is 2.70. The molecule has 0 bridgehead atoms. The summed E-state index contributed by atoms with van der Waals surface area (Å²) in [6.07, 6.45) is 0.741. The molecule has 3 aromatic rings. The molecule has 0 saturated heterocycles. The van der Waals surface area contributed by atoms with Gasteiger partial charge in [-0.2, -0.15) is 0 Å². The second kappa shape index (κ2) is 9.46. The Bertz CT molecular complexity index is 1010. The van der Waals surface area contributed by atoms with Crippen molar-refractivity contribution < 1.29 is 13.9 Å². The number of hydrogen-bond donors (Lipinski definition) is 1. The number of nitrogens with one attached hydrogen (secondary N) is 1. The highest BCUT2D eigenvalue weighted by molar-refractivity contribution is 7.99. The molecule has 1 N–H and O–H groups in total. The first kappa shape index (κ1) is 20.0. The fourth-order valence-electron chi connectivity index (χ4n) is 2.79. The number of hydrogen-bond acceptors (Lipinski definition) is 5. The SMILES string of the molecule is CCc1cc(=O)oc2cc(OCC(=O)NCCSc3ccc(C)cc3)ccc12. The second-order valence-corrected chi connectivity index (χ2v) is 7.57. The number of fused-ring (bicyclic) bond motifs is 1. The molecule has 0 unspecified atom stereocenters. The average molecular weight is 397 g/mol. The van der Waals surface area contributed by atoms with E-state index in [1.165, 1.54) is 16.5 Å². The van der Waals surface area contributed by atoms with E-state index in [-0.39, 0.29) is 18.1 Å². The lowest BCUT2D eigenvalue weighted by atomic mass is 10.1. The summed E-state index contributed by atoms with van der Waals surface area (Å²) in [4.78, 5) is 24.8. The quantitative estimate of drug-likeness (QED) is 0.354. The van der Waals surface area contributed by atoms with Gasteiger partial charge in [0.1, 0.15) is 11.3 Å². The Balaban J connectivity index is 1.47. The van der Waals surface area contributed by atoms with E-state index in [1.807, 2.05) is 13.0 Å². The van der Waals surface area contributed by atoms with Crippen molar-refractivity contribution in [3.8, 4) is 5.75 Å². The molecule has 0 aliphatic heterocycles. The molecule has 28 heavy (non-hydrogen) atoms. The lowest BCUT2D eigenvalue weighted by Crippen LogP contribution is -2.30. The maximum Gasteiger partial charge on any atom is 0.336 e. The number of carbonyl (C=O) groups is 1. The van der Waals surface area contributed by atoms with E-state index in [0.29, 0.717) is 17.9 Å². The number of amides is 1. The van der Waals surface area contributed by atoms with E-state index in [9.17, 15) is 9.59 Å². The van der Waals surface area contributed by atoms with Crippen LogP contribution >= 0.6 is 11.8 Å². The van der Waals surface area contributed by atoms with Gasteiger partial charge in [-0.15, -0.1) is 11.8 Å². The van der Waals surface area contributed by atoms with Crippen LogP contribution in [-0.4, -0.2) is 24.8 Å². The number of thioether (sulfide) groups is 1. The zero-order valence-electron chi connectivity index (χ0n) is 16.0. The van der Waals surface area contributed by atoms with Gasteiger partial charge in [-0.05, 0) is 43.2 Å². The molecule has 0 saturated carbocycles. The van der Waals surface area contributed by atoms with Crippen molar-refractivity contribution in [2.45, 2.75) is 25.2 Å². The fraction of sp³-hybridized carbons (Fsp3) is 0.273. The van der Waals surface area contributed by atoms with Gasteiger partial charge in [0.05, 0.1) is 0 Å². The van der Waals surface area contributed by atoms with Gasteiger partial charge in [0.25, 0.3) is 5.91 Å². The summed E-state index contributed by atoms with van der Waals surface area (Å²) >= 11 is 1.69. The molecule has 1 amide bonds. The predicted octanol–water partition coefficient (Wildman–Crippen LogP) is 3.95. The van der Waals surface area contributed by atoms with Crippen LogP contribution in [0.2, 0.25) is 0 Å². The molecular weight excluding hydrogens is 374 g/mol. The molecule has 0 aliphatic rings. The standard InChI is InChI=1S/C22H23NO4S/c1-3-16-12-22(25)27-20-13-17(6-9-19(16)20)26-14-21(24)23-10-11-28-18-7-4-15(2)5-8-18/h4-9,12-13H,3,10-11,14H2,1-2H3,(H,23,24). The van der Waals surface area contributed by atoms with Gasteiger partial charge >= 0.3 is 5.63 Å². The molecule has 0 atom stereocenters. The monoisotopic (exact) mass is 397 g/mol. The van der Waals surface area contributed by atoms with Crippen molar-refractivity contribution in [1.82, 2.24) is 5.32 Å². The Morgan fingerprint density at radius 1 is 1.14 bits per heavy atom. The number of carbonyl (C=O) groups excluding carboxylic acids is 1. The third-order valence-corrected chi connectivity index (χ3v) is 5.28. The van der Waals surface area contributed by atoms with Crippen LogP contribution in [0.5, 0.6) is 5.75 Å². The molecule has 2 aromatic carbocycles. The van der Waals surface area contributed by atoms with Crippen LogP contribution in [0.3, 0.4) is 0 Å². The number of ether oxygens (including phenoxy) is 1. The maximum atomic E-state index is 12.0. The smallest absolute Gasteiger partial charge is 0.336 e. The predicted molar refractivity (Wildman–Crippen MR) is 112 cm³/mol. The first-order valence-corrected chi connectivity index (χ1v) is 10.2. The zero-order chi connectivity index (χ0) is 19.9. The minimum Gasteiger partial charge on any atom is -0.484 e. The van der Waals surface area contributed by atoms with Crippen LogP contribution in [-0.2, 0) is 11.2 Å². The van der Waals surface area contributed by atoms with E-state index in [0.717, 1.165) is 23.1 Å². The van der Waals surface area contributed by atoms with Gasteiger partial charge in [0.15, 0.2) is 6.61 Å². The van der Waals surface area contributed by atoms with Crippen molar-refractivity contribution in [2.24, 2.45) is 0 Å². The second-order valence-electron chi connectivity index (χ2n) is 6.40. The number of aryl methyl sites for hydroxylation is 2. The summed E-state index contributed by atoms with van der Waals surface area (Å²) in [5.41, 5.74) is 2.25. The molecule has 6 heteroatoms. The zero-order valence-corrected chi connectivity index (χ0v) is 16.8. The van der Waals surface area contributed by atoms with E-state index < -0.39 is 0 Å². The molecule has 3 rings (SSSR count). The summed E-state index contributed by atoms with van der Waals surface area (Å²) in [6, 6.07) is 15.1. The highest BCUT2D eigenvalue weighted by atomic mass is 32.2. The lowest BCUT2D eigenvalue weighted by Gasteiger charge is -2.09. The highest BCUT2D eigenvalue weighted by Crippen LogP contribution is 2.23. The van der Waals surface area contributed by atoms with Crippen molar-refractivity contribution in [1.29, 1.82) is 0 Å². The Labute approximate surface area is 168 Å². The van der Waals surface area contributed by atoms with Crippen LogP contribution in [0.15, 0.2) is 62.6 Å². The van der Waals surface area contributed by atoms with E-state index >= 15 is 0 Å². The molecule has 0 fully saturated rings. The molecule has 146 valence electrons. The van der Waals surface area contributed by atoms with Crippen molar-refractivity contribution in [3.05, 3.63) is 70.1 Å². The summed E-state index contributed by atoms with van der Waals surface area (Å²) in [5.74, 6) is 1.09. The lowest BCUT2D eigenvalue weighted by molar-refractivity contribution is -0.122. The van der Waals surface area contributed by atoms with Gasteiger partial charge in [-0.1, -0.05) is 24.6 Å². The molecule has 0 radical (unpaired) electrons. The number of benzene rings is 2. The van der Waals surface area contributed by atoms with Gasteiger partial charge < -0.3 is 14.5 Å². The minimum atomic E-state index is -0.384. The molecular formula is C22H23NO4S. The normalized spacial score (nSPS) is 10.8. The van der Waals surface area contributed by atoms with Gasteiger partial charge in [0.2, 0.25) is 0 Å². The van der Waals surface area contributed by atoms with Gasteiger partial charge in [-0.25, -0.2) is 4.79 Å². The summed E-state index contributed by atoms with van der Waals surface area (Å²) in [5, 5.41) is 3.72. The van der Waals surface area contributed by atoms with Crippen LogP contribution in [0, 0.1) is 6.92 Å². The molecule has 1 aromatic heterocycles. The van der Waals surface area contributed by atoms with Crippen LogP contribution in [0.4, 0.5) is 0 Å². The molecule has 5 nitrogen and oxygen atoms in total. The third kappa shape index (κ3) is 5.39. The topological polar surface area (TPSA) is 68.5 Å². The molecule has 0 spiro atoms. The minimum absolute atomic E-state index is 0.0849. The fourth-order valence-corrected chi connectivity index (χ4v) is 3.55.